The number of carbonyl (C=O) groups is 3. The summed E-state index contributed by atoms with van der Waals surface area (Å²) in [6, 6.07) is 2.11. The number of halogens is 1. The first kappa shape index (κ1) is 19.3. The molecule has 2 amide bonds. The van der Waals surface area contributed by atoms with Gasteiger partial charge in [0, 0.05) is 0 Å². The number of aromatic hydroxyl groups is 1. The fraction of sp³-hybridized carbons (Fsp3) is 0.312. The van der Waals surface area contributed by atoms with E-state index >= 15 is 0 Å². The van der Waals surface area contributed by atoms with E-state index < -0.39 is 23.2 Å². The number of rotatable bonds is 5. The van der Waals surface area contributed by atoms with E-state index in [4.69, 9.17) is 9.47 Å². The summed E-state index contributed by atoms with van der Waals surface area (Å²) in [5, 5.41) is 9.28. The molecule has 1 aromatic rings. The van der Waals surface area contributed by atoms with Crippen LogP contribution >= 0.6 is 27.7 Å². The minimum absolute atomic E-state index is 0.0660. The van der Waals surface area contributed by atoms with E-state index in [1.165, 1.54) is 26.2 Å². The fourth-order valence-corrected chi connectivity index (χ4v) is 3.53. The van der Waals surface area contributed by atoms with E-state index in [-0.39, 0.29) is 23.0 Å². The predicted molar refractivity (Wildman–Crippen MR) is 96.3 cm³/mol. The topological polar surface area (TPSA) is 93.1 Å². The highest BCUT2D eigenvalue weighted by Crippen LogP contribution is 2.38. The molecule has 1 heterocycles. The average Bonchev–Trinajstić information content (AvgIpc) is 2.84. The number of imide groups is 1. The Kier molecular flexibility index (Phi) is 6.12. The number of amides is 2. The van der Waals surface area contributed by atoms with Crippen molar-refractivity contribution in [2.45, 2.75) is 19.9 Å². The van der Waals surface area contributed by atoms with Gasteiger partial charge in [-0.15, -0.1) is 0 Å². The molecule has 25 heavy (non-hydrogen) atoms. The first-order valence-electron chi connectivity index (χ1n) is 7.30. The lowest BCUT2D eigenvalue weighted by Gasteiger charge is -2.19. The number of nitrogens with zero attached hydrogens (tertiary/aromatic N) is 1. The number of phenolic OH excluding ortho intramolecular Hbond substituents is 1. The lowest BCUT2D eigenvalue weighted by molar-refractivity contribution is -0.150. The number of ether oxygens (including phenoxy) is 2. The molecule has 1 aliphatic rings. The molecule has 1 N–H and O–H groups in total. The fourth-order valence-electron chi connectivity index (χ4n) is 2.17. The van der Waals surface area contributed by atoms with Gasteiger partial charge >= 0.3 is 5.97 Å². The van der Waals surface area contributed by atoms with Crippen molar-refractivity contribution < 1.29 is 29.0 Å². The highest BCUT2D eigenvalue weighted by atomic mass is 79.9. The molecule has 1 atom stereocenters. The maximum absolute atomic E-state index is 12.5. The zero-order chi connectivity index (χ0) is 18.7. The number of carbonyl (C=O) groups excluding carboxylic acids is 3. The zero-order valence-electron chi connectivity index (χ0n) is 13.7. The van der Waals surface area contributed by atoms with Crippen molar-refractivity contribution in [3.05, 3.63) is 27.1 Å². The van der Waals surface area contributed by atoms with Gasteiger partial charge in [0.05, 0.1) is 23.1 Å². The Labute approximate surface area is 157 Å². The van der Waals surface area contributed by atoms with Crippen LogP contribution in [-0.2, 0) is 14.3 Å². The van der Waals surface area contributed by atoms with Crippen LogP contribution in [0.5, 0.6) is 11.5 Å². The maximum atomic E-state index is 12.5. The van der Waals surface area contributed by atoms with Crippen LogP contribution in [0.1, 0.15) is 19.4 Å². The summed E-state index contributed by atoms with van der Waals surface area (Å²) in [7, 11) is 1.40. The van der Waals surface area contributed by atoms with Crippen molar-refractivity contribution in [1.82, 2.24) is 4.90 Å². The van der Waals surface area contributed by atoms with E-state index in [1.807, 2.05) is 0 Å². The molecule has 1 aliphatic heterocycles. The highest BCUT2D eigenvalue weighted by Gasteiger charge is 2.41. The van der Waals surface area contributed by atoms with Crippen molar-refractivity contribution in [3.8, 4) is 11.5 Å². The Bertz CT molecular complexity index is 763. The number of methoxy groups -OCH3 is 1. The highest BCUT2D eigenvalue weighted by molar-refractivity contribution is 9.10. The summed E-state index contributed by atoms with van der Waals surface area (Å²) < 4.78 is 10.3. The SMILES string of the molecule is CCOC(=O)C(C)N1C(=O)S/C(=C\c2cc(Br)c(O)c(OC)c2)C1=O. The molecular formula is C16H16BrNO6S. The van der Waals surface area contributed by atoms with E-state index in [2.05, 4.69) is 15.9 Å². The molecule has 0 aliphatic carbocycles. The van der Waals surface area contributed by atoms with Gasteiger partial charge in [-0.25, -0.2) is 4.79 Å². The number of benzene rings is 1. The Balaban J connectivity index is 2.32. The molecule has 0 radical (unpaired) electrons. The first-order chi connectivity index (χ1) is 11.8. The van der Waals surface area contributed by atoms with E-state index in [9.17, 15) is 19.5 Å². The maximum Gasteiger partial charge on any atom is 0.329 e. The lowest BCUT2D eigenvalue weighted by atomic mass is 10.1. The van der Waals surface area contributed by atoms with Gasteiger partial charge in [0.15, 0.2) is 11.5 Å². The van der Waals surface area contributed by atoms with Crippen molar-refractivity contribution in [2.75, 3.05) is 13.7 Å². The van der Waals surface area contributed by atoms with Gasteiger partial charge in [-0.05, 0) is 65.3 Å². The minimum Gasteiger partial charge on any atom is -0.503 e. The molecule has 1 unspecified atom stereocenters. The molecule has 1 aromatic carbocycles. The van der Waals surface area contributed by atoms with Crippen LogP contribution in [0.15, 0.2) is 21.5 Å². The third kappa shape index (κ3) is 3.98. The molecule has 0 aromatic heterocycles. The van der Waals surface area contributed by atoms with Gasteiger partial charge in [0.1, 0.15) is 6.04 Å². The second kappa shape index (κ2) is 7.92. The number of phenols is 1. The minimum atomic E-state index is -1.00. The Morgan fingerprint density at radius 1 is 1.44 bits per heavy atom. The van der Waals surface area contributed by atoms with Crippen LogP contribution in [0.2, 0.25) is 0 Å². The second-order valence-electron chi connectivity index (χ2n) is 5.03. The molecule has 9 heteroatoms. The second-order valence-corrected chi connectivity index (χ2v) is 6.88. The van der Waals surface area contributed by atoms with Crippen LogP contribution in [0, 0.1) is 0 Å². The van der Waals surface area contributed by atoms with Gasteiger partial charge in [-0.3, -0.25) is 14.5 Å². The molecule has 134 valence electrons. The van der Waals surface area contributed by atoms with Crippen molar-refractivity contribution in [2.24, 2.45) is 0 Å². The van der Waals surface area contributed by atoms with E-state index in [1.54, 1.807) is 13.0 Å². The van der Waals surface area contributed by atoms with Gasteiger partial charge in [0.2, 0.25) is 0 Å². The average molecular weight is 430 g/mol. The third-order valence-corrected chi connectivity index (χ3v) is 4.90. The molecule has 1 saturated heterocycles. The molecule has 0 saturated carbocycles. The molecule has 1 fully saturated rings. The van der Waals surface area contributed by atoms with Crippen LogP contribution in [0.4, 0.5) is 4.79 Å². The molecule has 0 bridgehead atoms. The van der Waals surface area contributed by atoms with Crippen molar-refractivity contribution in [1.29, 1.82) is 0 Å². The van der Waals surface area contributed by atoms with Crippen molar-refractivity contribution >= 4 is 50.9 Å². The standard InChI is InChI=1S/C16H16BrNO6S/c1-4-24-15(21)8(2)18-14(20)12(25-16(18)22)7-9-5-10(17)13(19)11(6-9)23-3/h5-8,19H,4H2,1-3H3/b12-7-. The summed E-state index contributed by atoms with van der Waals surface area (Å²) in [5.74, 6) is -1.05. The molecule has 2 rings (SSSR count). The monoisotopic (exact) mass is 429 g/mol. The van der Waals surface area contributed by atoms with Gasteiger partial charge in [-0.2, -0.15) is 0 Å². The summed E-state index contributed by atoms with van der Waals surface area (Å²) >= 11 is 3.93. The summed E-state index contributed by atoms with van der Waals surface area (Å²) in [6.07, 6.45) is 1.50. The summed E-state index contributed by atoms with van der Waals surface area (Å²) in [6.45, 7) is 3.25. The number of hydrogen-bond donors (Lipinski definition) is 1. The van der Waals surface area contributed by atoms with Crippen LogP contribution in [-0.4, -0.2) is 46.9 Å². The number of hydrogen-bond acceptors (Lipinski definition) is 7. The number of thioether (sulfide) groups is 1. The smallest absolute Gasteiger partial charge is 0.329 e. The van der Waals surface area contributed by atoms with E-state index in [0.717, 1.165) is 16.7 Å². The normalized spacial score (nSPS) is 17.1. The first-order valence-corrected chi connectivity index (χ1v) is 8.91. The third-order valence-electron chi connectivity index (χ3n) is 3.41. The van der Waals surface area contributed by atoms with Gasteiger partial charge < -0.3 is 14.6 Å². The predicted octanol–water partition coefficient (Wildman–Crippen LogP) is 3.15. The zero-order valence-corrected chi connectivity index (χ0v) is 16.1. The van der Waals surface area contributed by atoms with Gasteiger partial charge in [-0.1, -0.05) is 0 Å². The molecular weight excluding hydrogens is 414 g/mol. The van der Waals surface area contributed by atoms with Crippen LogP contribution in [0.3, 0.4) is 0 Å². The quantitative estimate of drug-likeness (QED) is 0.567. The summed E-state index contributed by atoms with van der Waals surface area (Å²) in [5.41, 5.74) is 0.552. The van der Waals surface area contributed by atoms with Crippen molar-refractivity contribution in [3.63, 3.8) is 0 Å². The van der Waals surface area contributed by atoms with Crippen LogP contribution < -0.4 is 4.74 Å². The largest absolute Gasteiger partial charge is 0.503 e. The lowest BCUT2D eigenvalue weighted by Crippen LogP contribution is -2.42. The Morgan fingerprint density at radius 3 is 2.72 bits per heavy atom. The Morgan fingerprint density at radius 2 is 2.12 bits per heavy atom. The molecule has 7 nitrogen and oxygen atoms in total. The van der Waals surface area contributed by atoms with Gasteiger partial charge in [0.25, 0.3) is 11.1 Å². The van der Waals surface area contributed by atoms with Crippen LogP contribution in [0.25, 0.3) is 6.08 Å². The number of esters is 1. The Hall–Kier alpha value is -2.00. The van der Waals surface area contributed by atoms with E-state index in [0.29, 0.717) is 10.0 Å². The molecule has 0 spiro atoms. The summed E-state index contributed by atoms with van der Waals surface area (Å²) in [4.78, 5) is 37.5.